The Balaban J connectivity index is 1.85. The predicted molar refractivity (Wildman–Crippen MR) is 89.8 cm³/mol. The second kappa shape index (κ2) is 6.35. The Bertz CT molecular complexity index is 660. The SMILES string of the molecule is Nc1ccc(N(C(=O)N/C=C/C2CC2)c2ccccc2)cc1. The van der Waals surface area contributed by atoms with Crippen LogP contribution in [0.4, 0.5) is 21.9 Å². The van der Waals surface area contributed by atoms with Gasteiger partial charge in [-0.2, -0.15) is 0 Å². The largest absolute Gasteiger partial charge is 0.399 e. The van der Waals surface area contributed by atoms with E-state index in [2.05, 4.69) is 5.32 Å². The lowest BCUT2D eigenvalue weighted by Gasteiger charge is -2.22. The highest BCUT2D eigenvalue weighted by Gasteiger charge is 2.19. The molecule has 1 saturated carbocycles. The first-order valence-corrected chi connectivity index (χ1v) is 7.42. The van der Waals surface area contributed by atoms with Crippen LogP contribution in [0.2, 0.25) is 0 Å². The fourth-order valence-electron chi connectivity index (χ4n) is 2.19. The topological polar surface area (TPSA) is 58.4 Å². The van der Waals surface area contributed by atoms with Crippen LogP contribution in [0, 0.1) is 5.92 Å². The number of allylic oxidation sites excluding steroid dienone is 1. The Kier molecular flexibility index (Phi) is 4.10. The molecule has 0 heterocycles. The zero-order valence-electron chi connectivity index (χ0n) is 12.3. The highest BCUT2D eigenvalue weighted by Crippen LogP contribution is 2.30. The first-order chi connectivity index (χ1) is 10.7. The van der Waals surface area contributed by atoms with Crippen molar-refractivity contribution in [3.05, 3.63) is 66.9 Å². The molecule has 0 radical (unpaired) electrons. The summed E-state index contributed by atoms with van der Waals surface area (Å²) in [5, 5.41) is 2.84. The summed E-state index contributed by atoms with van der Waals surface area (Å²) in [5.74, 6) is 0.627. The lowest BCUT2D eigenvalue weighted by molar-refractivity contribution is 0.251. The van der Waals surface area contributed by atoms with Crippen LogP contribution in [0.3, 0.4) is 0 Å². The van der Waals surface area contributed by atoms with Crippen molar-refractivity contribution in [3.63, 3.8) is 0 Å². The molecule has 0 bridgehead atoms. The van der Waals surface area contributed by atoms with Crippen molar-refractivity contribution in [3.8, 4) is 0 Å². The number of para-hydroxylation sites is 1. The van der Waals surface area contributed by atoms with E-state index in [-0.39, 0.29) is 6.03 Å². The summed E-state index contributed by atoms with van der Waals surface area (Å²) in [5.41, 5.74) is 7.99. The number of benzene rings is 2. The number of hydrogen-bond acceptors (Lipinski definition) is 2. The number of carbonyl (C=O) groups is 1. The minimum absolute atomic E-state index is 0.187. The Morgan fingerprint density at radius 1 is 1.05 bits per heavy atom. The second-order valence-corrected chi connectivity index (χ2v) is 5.41. The first kappa shape index (κ1) is 14.2. The van der Waals surface area contributed by atoms with Crippen molar-refractivity contribution in [1.29, 1.82) is 0 Å². The van der Waals surface area contributed by atoms with E-state index in [4.69, 9.17) is 5.73 Å². The van der Waals surface area contributed by atoms with Crippen LogP contribution < -0.4 is 16.0 Å². The van der Waals surface area contributed by atoms with Gasteiger partial charge in [-0.3, -0.25) is 4.90 Å². The van der Waals surface area contributed by atoms with E-state index < -0.39 is 0 Å². The molecular weight excluding hydrogens is 274 g/mol. The normalized spacial score (nSPS) is 14.0. The van der Waals surface area contributed by atoms with Crippen molar-refractivity contribution in [2.45, 2.75) is 12.8 Å². The van der Waals surface area contributed by atoms with Crippen LogP contribution in [0.1, 0.15) is 12.8 Å². The molecule has 2 aromatic carbocycles. The molecule has 0 aliphatic heterocycles. The van der Waals surface area contributed by atoms with Crippen LogP contribution in [0.25, 0.3) is 0 Å². The van der Waals surface area contributed by atoms with Gasteiger partial charge < -0.3 is 11.1 Å². The Morgan fingerprint density at radius 3 is 2.32 bits per heavy atom. The zero-order valence-corrected chi connectivity index (χ0v) is 12.3. The molecule has 0 unspecified atom stereocenters. The Hall–Kier alpha value is -2.75. The predicted octanol–water partition coefficient (Wildman–Crippen LogP) is 4.04. The summed E-state index contributed by atoms with van der Waals surface area (Å²) < 4.78 is 0. The number of urea groups is 1. The average Bonchev–Trinajstić information content (AvgIpc) is 3.35. The highest BCUT2D eigenvalue weighted by atomic mass is 16.2. The Labute approximate surface area is 130 Å². The van der Waals surface area contributed by atoms with Crippen LogP contribution >= 0.6 is 0 Å². The number of anilines is 3. The summed E-state index contributed by atoms with van der Waals surface area (Å²) in [7, 11) is 0. The molecule has 0 spiro atoms. The zero-order chi connectivity index (χ0) is 15.4. The van der Waals surface area contributed by atoms with E-state index in [1.807, 2.05) is 48.5 Å². The van der Waals surface area contributed by atoms with Crippen molar-refractivity contribution in [2.75, 3.05) is 10.6 Å². The molecule has 0 aromatic heterocycles. The number of carbonyl (C=O) groups excluding carboxylic acids is 1. The first-order valence-electron chi connectivity index (χ1n) is 7.42. The van der Waals surface area contributed by atoms with E-state index in [1.165, 1.54) is 12.8 Å². The number of nitrogens with one attached hydrogen (secondary N) is 1. The number of hydrogen-bond donors (Lipinski definition) is 2. The van der Waals surface area contributed by atoms with Crippen LogP contribution in [-0.2, 0) is 0 Å². The molecule has 1 aliphatic carbocycles. The maximum Gasteiger partial charge on any atom is 0.330 e. The summed E-state index contributed by atoms with van der Waals surface area (Å²) in [4.78, 5) is 14.2. The smallest absolute Gasteiger partial charge is 0.330 e. The molecule has 4 heteroatoms. The summed E-state index contributed by atoms with van der Waals surface area (Å²) >= 11 is 0. The molecule has 3 rings (SSSR count). The number of nitrogens with two attached hydrogens (primary N) is 1. The monoisotopic (exact) mass is 293 g/mol. The van der Waals surface area contributed by atoms with E-state index >= 15 is 0 Å². The van der Waals surface area contributed by atoms with E-state index in [1.54, 1.807) is 23.2 Å². The van der Waals surface area contributed by atoms with Crippen LogP contribution in [0.15, 0.2) is 66.9 Å². The van der Waals surface area contributed by atoms with Crippen molar-refractivity contribution >= 4 is 23.1 Å². The molecule has 2 amide bonds. The lowest BCUT2D eigenvalue weighted by atomic mass is 10.2. The van der Waals surface area contributed by atoms with Gasteiger partial charge in [0.2, 0.25) is 0 Å². The molecule has 4 nitrogen and oxygen atoms in total. The van der Waals surface area contributed by atoms with Gasteiger partial charge in [-0.1, -0.05) is 24.3 Å². The molecule has 0 atom stereocenters. The van der Waals surface area contributed by atoms with Gasteiger partial charge in [0.1, 0.15) is 0 Å². The number of nitrogens with zero attached hydrogens (tertiary/aromatic N) is 1. The van der Waals surface area contributed by atoms with E-state index in [0.717, 1.165) is 11.4 Å². The third-order valence-corrected chi connectivity index (χ3v) is 3.57. The maximum atomic E-state index is 12.6. The standard InChI is InChI=1S/C18H19N3O/c19-15-8-10-17(11-9-15)21(16-4-2-1-3-5-16)18(22)20-13-12-14-6-7-14/h1-5,8-14H,6-7,19H2,(H,20,22)/b13-12+. The van der Waals surface area contributed by atoms with E-state index in [0.29, 0.717) is 11.6 Å². The number of rotatable bonds is 4. The van der Waals surface area contributed by atoms with Gasteiger partial charge in [0, 0.05) is 11.9 Å². The van der Waals surface area contributed by atoms with Gasteiger partial charge in [0.25, 0.3) is 0 Å². The minimum Gasteiger partial charge on any atom is -0.399 e. The van der Waals surface area contributed by atoms with Crippen LogP contribution in [-0.4, -0.2) is 6.03 Å². The van der Waals surface area contributed by atoms with Crippen molar-refractivity contribution < 1.29 is 4.79 Å². The average molecular weight is 293 g/mol. The maximum absolute atomic E-state index is 12.6. The molecule has 22 heavy (non-hydrogen) atoms. The third-order valence-electron chi connectivity index (χ3n) is 3.57. The summed E-state index contributed by atoms with van der Waals surface area (Å²) in [6.07, 6.45) is 6.22. The third kappa shape index (κ3) is 3.47. The molecule has 2 aromatic rings. The van der Waals surface area contributed by atoms with Gasteiger partial charge in [0.15, 0.2) is 0 Å². The second-order valence-electron chi connectivity index (χ2n) is 5.41. The molecule has 1 fully saturated rings. The lowest BCUT2D eigenvalue weighted by Crippen LogP contribution is -2.33. The minimum atomic E-state index is -0.187. The summed E-state index contributed by atoms with van der Waals surface area (Å²) in [6, 6.07) is 16.6. The van der Waals surface area contributed by atoms with E-state index in [9.17, 15) is 4.79 Å². The van der Waals surface area contributed by atoms with Crippen LogP contribution in [0.5, 0.6) is 0 Å². The molecular formula is C18H19N3O. The van der Waals surface area contributed by atoms with Gasteiger partial charge in [-0.25, -0.2) is 4.79 Å². The molecule has 0 saturated heterocycles. The van der Waals surface area contributed by atoms with Crippen molar-refractivity contribution in [2.24, 2.45) is 5.92 Å². The fraction of sp³-hybridized carbons (Fsp3) is 0.167. The number of amides is 2. The van der Waals surface area contributed by atoms with Crippen molar-refractivity contribution in [1.82, 2.24) is 5.32 Å². The molecule has 3 N–H and O–H groups in total. The quantitative estimate of drug-likeness (QED) is 0.836. The number of nitrogen functional groups attached to an aromatic ring is 1. The van der Waals surface area contributed by atoms with Gasteiger partial charge in [0.05, 0.1) is 11.4 Å². The van der Waals surface area contributed by atoms with Gasteiger partial charge in [-0.05, 0) is 55.2 Å². The van der Waals surface area contributed by atoms with Gasteiger partial charge in [-0.15, -0.1) is 0 Å². The highest BCUT2D eigenvalue weighted by molar-refractivity contribution is 5.99. The summed E-state index contributed by atoms with van der Waals surface area (Å²) in [6.45, 7) is 0. The Morgan fingerprint density at radius 2 is 1.68 bits per heavy atom. The van der Waals surface area contributed by atoms with Gasteiger partial charge >= 0.3 is 6.03 Å². The fourth-order valence-corrected chi connectivity index (χ4v) is 2.19. The molecule has 112 valence electrons. The molecule has 1 aliphatic rings.